The molecular formula is C11H10Br2ClN3. The molecule has 0 bridgehead atoms. The van der Waals surface area contributed by atoms with E-state index in [1.807, 2.05) is 24.4 Å². The first-order chi connectivity index (χ1) is 8.11. The van der Waals surface area contributed by atoms with Gasteiger partial charge in [-0.2, -0.15) is 0 Å². The van der Waals surface area contributed by atoms with Crippen molar-refractivity contribution in [1.29, 1.82) is 0 Å². The van der Waals surface area contributed by atoms with Gasteiger partial charge in [-0.1, -0.05) is 55.6 Å². The van der Waals surface area contributed by atoms with Gasteiger partial charge in [0.1, 0.15) is 0 Å². The van der Waals surface area contributed by atoms with Crippen LogP contribution in [0.2, 0.25) is 5.02 Å². The van der Waals surface area contributed by atoms with Gasteiger partial charge in [-0.05, 0) is 24.6 Å². The van der Waals surface area contributed by atoms with Crippen LogP contribution in [0.15, 0.2) is 28.9 Å². The summed E-state index contributed by atoms with van der Waals surface area (Å²) in [7, 11) is 0. The zero-order chi connectivity index (χ0) is 12.4. The van der Waals surface area contributed by atoms with Gasteiger partial charge in [0.2, 0.25) is 0 Å². The lowest BCUT2D eigenvalue weighted by molar-refractivity contribution is 0.790. The molecule has 0 saturated heterocycles. The minimum atomic E-state index is 0.224. The Bertz CT molecular complexity index is 527. The number of rotatable bonds is 3. The van der Waals surface area contributed by atoms with Crippen LogP contribution in [0, 0.1) is 0 Å². The molecule has 90 valence electrons. The molecule has 1 aromatic heterocycles. The van der Waals surface area contributed by atoms with Crippen LogP contribution >= 0.6 is 43.5 Å². The fraction of sp³-hybridized carbons (Fsp3) is 0.273. The predicted molar refractivity (Wildman–Crippen MR) is 76.0 cm³/mol. The summed E-state index contributed by atoms with van der Waals surface area (Å²) in [5, 5.41) is 8.86. The molecule has 3 nitrogen and oxygen atoms in total. The first kappa shape index (κ1) is 13.1. The molecule has 1 atom stereocenters. The van der Waals surface area contributed by atoms with Crippen molar-refractivity contribution in [1.82, 2.24) is 15.0 Å². The van der Waals surface area contributed by atoms with Crippen LogP contribution in [-0.4, -0.2) is 15.0 Å². The van der Waals surface area contributed by atoms with Crippen molar-refractivity contribution >= 4 is 43.5 Å². The maximum atomic E-state index is 6.13. The normalized spacial score (nSPS) is 12.7. The van der Waals surface area contributed by atoms with Crippen molar-refractivity contribution in [2.75, 3.05) is 0 Å². The molecule has 0 radical (unpaired) electrons. The third kappa shape index (κ3) is 2.89. The number of nitrogens with zero attached hydrogens (tertiary/aromatic N) is 3. The van der Waals surface area contributed by atoms with Crippen LogP contribution in [0.1, 0.15) is 23.9 Å². The lowest BCUT2D eigenvalue weighted by Gasteiger charge is -2.03. The molecule has 6 heteroatoms. The fourth-order valence-electron chi connectivity index (χ4n) is 1.41. The standard InChI is InChI=1S/C11H10Br2ClN3/c1-2-8(13)10-6-17(16-15-10)11-5-7(12)3-4-9(11)14/h3-6,8H,2H2,1H3. The highest BCUT2D eigenvalue weighted by atomic mass is 79.9. The first-order valence-electron chi connectivity index (χ1n) is 5.13. The van der Waals surface area contributed by atoms with Gasteiger partial charge in [0.05, 0.1) is 27.4 Å². The Morgan fingerprint density at radius 3 is 2.94 bits per heavy atom. The zero-order valence-corrected chi connectivity index (χ0v) is 13.0. The maximum Gasteiger partial charge on any atom is 0.0967 e. The Hall–Kier alpha value is -0.390. The Labute approximate surface area is 121 Å². The highest BCUT2D eigenvalue weighted by molar-refractivity contribution is 9.10. The molecule has 2 aromatic rings. The van der Waals surface area contributed by atoms with Gasteiger partial charge in [-0.3, -0.25) is 0 Å². The van der Waals surface area contributed by atoms with Crippen molar-refractivity contribution < 1.29 is 0 Å². The molecule has 0 N–H and O–H groups in total. The van der Waals surface area contributed by atoms with Crippen LogP contribution in [0.3, 0.4) is 0 Å². The Kier molecular flexibility index (Phi) is 4.22. The summed E-state index contributed by atoms with van der Waals surface area (Å²) in [6.45, 7) is 2.09. The van der Waals surface area contributed by atoms with Gasteiger partial charge in [0, 0.05) is 4.47 Å². The number of hydrogen-bond acceptors (Lipinski definition) is 2. The fourth-order valence-corrected chi connectivity index (χ4v) is 2.17. The molecule has 1 heterocycles. The Morgan fingerprint density at radius 2 is 2.24 bits per heavy atom. The monoisotopic (exact) mass is 377 g/mol. The number of benzene rings is 1. The van der Waals surface area contributed by atoms with Crippen LogP contribution in [0.4, 0.5) is 0 Å². The second-order valence-corrected chi connectivity index (χ2v) is 5.99. The summed E-state index contributed by atoms with van der Waals surface area (Å²) >= 11 is 13.1. The molecule has 0 fully saturated rings. The predicted octanol–water partition coefficient (Wildman–Crippen LogP) is 4.53. The lowest BCUT2D eigenvalue weighted by atomic mass is 10.3. The Morgan fingerprint density at radius 1 is 1.47 bits per heavy atom. The van der Waals surface area contributed by atoms with Gasteiger partial charge in [-0.15, -0.1) is 5.10 Å². The molecule has 1 unspecified atom stereocenters. The summed E-state index contributed by atoms with van der Waals surface area (Å²) in [5.74, 6) is 0. The molecule has 2 rings (SSSR count). The molecule has 1 aromatic carbocycles. The van der Waals surface area contributed by atoms with Crippen LogP contribution in [0.5, 0.6) is 0 Å². The molecular weight excluding hydrogens is 369 g/mol. The van der Waals surface area contributed by atoms with E-state index in [1.165, 1.54) is 0 Å². The molecule has 0 saturated carbocycles. The molecule has 0 aliphatic heterocycles. The summed E-state index contributed by atoms with van der Waals surface area (Å²) in [6.07, 6.45) is 2.85. The summed E-state index contributed by atoms with van der Waals surface area (Å²) in [4.78, 5) is 0.224. The van der Waals surface area contributed by atoms with Gasteiger partial charge >= 0.3 is 0 Å². The van der Waals surface area contributed by atoms with E-state index in [9.17, 15) is 0 Å². The second-order valence-electron chi connectivity index (χ2n) is 3.56. The smallest absolute Gasteiger partial charge is 0.0967 e. The zero-order valence-electron chi connectivity index (χ0n) is 9.07. The maximum absolute atomic E-state index is 6.13. The number of alkyl halides is 1. The quantitative estimate of drug-likeness (QED) is 0.734. The second kappa shape index (κ2) is 5.50. The van der Waals surface area contributed by atoms with Crippen LogP contribution in [0.25, 0.3) is 5.69 Å². The molecule has 17 heavy (non-hydrogen) atoms. The topological polar surface area (TPSA) is 30.7 Å². The number of hydrogen-bond donors (Lipinski definition) is 0. The van der Waals surface area contributed by atoms with E-state index in [4.69, 9.17) is 11.6 Å². The first-order valence-corrected chi connectivity index (χ1v) is 7.22. The highest BCUT2D eigenvalue weighted by Gasteiger charge is 2.12. The molecule has 0 amide bonds. The van der Waals surface area contributed by atoms with Crippen molar-refractivity contribution in [3.63, 3.8) is 0 Å². The van der Waals surface area contributed by atoms with E-state index in [-0.39, 0.29) is 4.83 Å². The average molecular weight is 379 g/mol. The number of halogens is 3. The van der Waals surface area contributed by atoms with E-state index in [1.54, 1.807) is 4.68 Å². The van der Waals surface area contributed by atoms with Crippen molar-refractivity contribution in [3.8, 4) is 5.69 Å². The van der Waals surface area contributed by atoms with Crippen LogP contribution < -0.4 is 0 Å². The summed E-state index contributed by atoms with van der Waals surface area (Å²) in [5.41, 5.74) is 1.72. The van der Waals surface area contributed by atoms with Crippen molar-refractivity contribution in [3.05, 3.63) is 39.6 Å². The van der Waals surface area contributed by atoms with Gasteiger partial charge in [0.25, 0.3) is 0 Å². The van der Waals surface area contributed by atoms with Crippen LogP contribution in [-0.2, 0) is 0 Å². The van der Waals surface area contributed by atoms with E-state index in [2.05, 4.69) is 49.1 Å². The minimum Gasteiger partial charge on any atom is -0.219 e. The van der Waals surface area contributed by atoms with Crippen molar-refractivity contribution in [2.45, 2.75) is 18.2 Å². The van der Waals surface area contributed by atoms with Crippen molar-refractivity contribution in [2.24, 2.45) is 0 Å². The van der Waals surface area contributed by atoms with E-state index in [0.717, 1.165) is 22.3 Å². The van der Waals surface area contributed by atoms with Gasteiger partial charge in [-0.25, -0.2) is 4.68 Å². The largest absolute Gasteiger partial charge is 0.219 e. The average Bonchev–Trinajstić information content (AvgIpc) is 2.80. The molecule has 0 aliphatic rings. The summed E-state index contributed by atoms with van der Waals surface area (Å²) < 4.78 is 2.65. The Balaban J connectivity index is 2.40. The van der Waals surface area contributed by atoms with Gasteiger partial charge < -0.3 is 0 Å². The molecule has 0 aliphatic carbocycles. The highest BCUT2D eigenvalue weighted by Crippen LogP contribution is 2.27. The number of aromatic nitrogens is 3. The van der Waals surface area contributed by atoms with E-state index >= 15 is 0 Å². The van der Waals surface area contributed by atoms with E-state index in [0.29, 0.717) is 5.02 Å². The third-order valence-electron chi connectivity index (χ3n) is 2.35. The third-order valence-corrected chi connectivity index (χ3v) is 4.27. The summed E-state index contributed by atoms with van der Waals surface area (Å²) in [6, 6.07) is 5.63. The van der Waals surface area contributed by atoms with Gasteiger partial charge in [0.15, 0.2) is 0 Å². The lowest BCUT2D eigenvalue weighted by Crippen LogP contribution is -1.95. The molecule has 0 spiro atoms. The minimum absolute atomic E-state index is 0.224. The SMILES string of the molecule is CCC(Br)c1cn(-c2cc(Br)ccc2Cl)nn1. The van der Waals surface area contributed by atoms with E-state index < -0.39 is 0 Å².